The van der Waals surface area contributed by atoms with Crippen LogP contribution in [0, 0.1) is 0 Å². The number of allylic oxidation sites excluding steroid dienone is 16. The molecule has 0 aromatic rings. The molecular formula is C59H98O6. The molecule has 0 rings (SSSR count). The number of esters is 3. The second-order valence-corrected chi connectivity index (χ2v) is 17.4. The normalized spacial score (nSPS) is 12.8. The molecule has 0 unspecified atom stereocenters. The second kappa shape index (κ2) is 52.9. The van der Waals surface area contributed by atoms with Crippen LogP contribution in [-0.4, -0.2) is 37.2 Å². The lowest BCUT2D eigenvalue weighted by Gasteiger charge is -2.18. The van der Waals surface area contributed by atoms with E-state index in [1.165, 1.54) is 77.0 Å². The van der Waals surface area contributed by atoms with Gasteiger partial charge in [-0.15, -0.1) is 0 Å². The highest BCUT2D eigenvalue weighted by molar-refractivity contribution is 5.71. The first-order valence-electron chi connectivity index (χ1n) is 26.7. The predicted molar refractivity (Wildman–Crippen MR) is 279 cm³/mol. The average molecular weight is 903 g/mol. The third-order valence-corrected chi connectivity index (χ3v) is 11.1. The molecule has 0 amide bonds. The van der Waals surface area contributed by atoms with Crippen LogP contribution in [0.25, 0.3) is 0 Å². The van der Waals surface area contributed by atoms with Crippen molar-refractivity contribution in [2.24, 2.45) is 0 Å². The molecule has 0 N–H and O–H groups in total. The zero-order valence-corrected chi connectivity index (χ0v) is 42.2. The van der Waals surface area contributed by atoms with E-state index in [0.717, 1.165) is 122 Å². The Kier molecular flexibility index (Phi) is 50.0. The van der Waals surface area contributed by atoms with Crippen LogP contribution in [0.2, 0.25) is 0 Å². The van der Waals surface area contributed by atoms with Gasteiger partial charge in [0.1, 0.15) is 13.2 Å². The van der Waals surface area contributed by atoms with Crippen molar-refractivity contribution in [2.75, 3.05) is 13.2 Å². The van der Waals surface area contributed by atoms with Gasteiger partial charge in [-0.25, -0.2) is 0 Å². The van der Waals surface area contributed by atoms with Gasteiger partial charge < -0.3 is 14.2 Å². The molecule has 0 heterocycles. The van der Waals surface area contributed by atoms with E-state index < -0.39 is 6.10 Å². The third kappa shape index (κ3) is 51.2. The lowest BCUT2D eigenvalue weighted by molar-refractivity contribution is -0.167. The Labute approximate surface area is 400 Å². The minimum absolute atomic E-state index is 0.0974. The molecule has 0 saturated carbocycles. The van der Waals surface area contributed by atoms with E-state index in [1.807, 2.05) is 0 Å². The fourth-order valence-electron chi connectivity index (χ4n) is 7.06. The molecule has 0 aromatic heterocycles. The van der Waals surface area contributed by atoms with E-state index in [-0.39, 0.29) is 31.1 Å². The van der Waals surface area contributed by atoms with Gasteiger partial charge in [0.05, 0.1) is 0 Å². The maximum Gasteiger partial charge on any atom is 0.306 e. The molecular weight excluding hydrogens is 805 g/mol. The molecule has 0 aliphatic heterocycles. The van der Waals surface area contributed by atoms with Gasteiger partial charge in [-0.1, -0.05) is 214 Å². The van der Waals surface area contributed by atoms with Crippen LogP contribution in [-0.2, 0) is 28.6 Å². The van der Waals surface area contributed by atoms with Crippen LogP contribution in [0.5, 0.6) is 0 Å². The Hall–Kier alpha value is -3.67. The van der Waals surface area contributed by atoms with E-state index in [1.54, 1.807) is 0 Å². The Bertz CT molecular complexity index is 1310. The number of ether oxygens (including phenoxy) is 3. The molecule has 65 heavy (non-hydrogen) atoms. The van der Waals surface area contributed by atoms with E-state index in [4.69, 9.17) is 14.2 Å². The largest absolute Gasteiger partial charge is 0.462 e. The molecule has 0 aliphatic carbocycles. The summed E-state index contributed by atoms with van der Waals surface area (Å²) in [5.41, 5.74) is 0. The Morgan fingerprint density at radius 3 is 0.985 bits per heavy atom. The third-order valence-electron chi connectivity index (χ3n) is 11.1. The SMILES string of the molecule is CC/C=C\C/C=C\C/C=C\C/C=C\CCCCCCC(=O)O[C@H](COC(=O)CCCCC/C=C\C/C=C\C/C=C\C/C=C\CCCCC)COC(=O)CCCCCCCCCCCCC. The zero-order chi connectivity index (χ0) is 47.2. The van der Waals surface area contributed by atoms with E-state index >= 15 is 0 Å². The summed E-state index contributed by atoms with van der Waals surface area (Å²) >= 11 is 0. The summed E-state index contributed by atoms with van der Waals surface area (Å²) in [5.74, 6) is -0.955. The lowest BCUT2D eigenvalue weighted by atomic mass is 10.1. The van der Waals surface area contributed by atoms with Gasteiger partial charge >= 0.3 is 17.9 Å². The van der Waals surface area contributed by atoms with Crippen LogP contribution >= 0.6 is 0 Å². The van der Waals surface area contributed by atoms with Crippen LogP contribution in [0.3, 0.4) is 0 Å². The van der Waals surface area contributed by atoms with Crippen LogP contribution < -0.4 is 0 Å². The molecule has 0 bridgehead atoms. The minimum Gasteiger partial charge on any atom is -0.462 e. The molecule has 0 aliphatic rings. The first-order valence-corrected chi connectivity index (χ1v) is 26.7. The highest BCUT2D eigenvalue weighted by Gasteiger charge is 2.19. The first-order chi connectivity index (χ1) is 32.0. The fourth-order valence-corrected chi connectivity index (χ4v) is 7.06. The van der Waals surface area contributed by atoms with E-state index in [9.17, 15) is 14.4 Å². The number of hydrogen-bond donors (Lipinski definition) is 0. The minimum atomic E-state index is -0.802. The highest BCUT2D eigenvalue weighted by atomic mass is 16.6. The van der Waals surface area contributed by atoms with Crippen molar-refractivity contribution in [3.63, 3.8) is 0 Å². The number of hydrogen-bond acceptors (Lipinski definition) is 6. The number of carbonyl (C=O) groups excluding carboxylic acids is 3. The van der Waals surface area contributed by atoms with Crippen molar-refractivity contribution < 1.29 is 28.6 Å². The summed E-state index contributed by atoms with van der Waals surface area (Å²) in [6.07, 6.45) is 69.6. The fraction of sp³-hybridized carbons (Fsp3) is 0.678. The monoisotopic (exact) mass is 903 g/mol. The molecule has 6 heteroatoms. The summed E-state index contributed by atoms with van der Waals surface area (Å²) in [4.78, 5) is 38.0. The Balaban J connectivity index is 4.47. The van der Waals surface area contributed by atoms with Gasteiger partial charge in [0.25, 0.3) is 0 Å². The summed E-state index contributed by atoms with van der Waals surface area (Å²) < 4.78 is 16.8. The topological polar surface area (TPSA) is 78.9 Å². The predicted octanol–water partition coefficient (Wildman–Crippen LogP) is 17.8. The lowest BCUT2D eigenvalue weighted by Crippen LogP contribution is -2.30. The number of carbonyl (C=O) groups is 3. The Morgan fingerprint density at radius 1 is 0.323 bits per heavy atom. The summed E-state index contributed by atoms with van der Waals surface area (Å²) in [6.45, 7) is 6.44. The quantitative estimate of drug-likeness (QED) is 0.0262. The molecule has 0 radical (unpaired) electrons. The number of rotatable bonds is 47. The summed E-state index contributed by atoms with van der Waals surface area (Å²) in [6, 6.07) is 0. The van der Waals surface area contributed by atoms with Crippen molar-refractivity contribution in [1.82, 2.24) is 0 Å². The molecule has 1 atom stereocenters. The maximum atomic E-state index is 12.8. The Morgan fingerprint density at radius 2 is 0.600 bits per heavy atom. The molecule has 0 aromatic carbocycles. The van der Waals surface area contributed by atoms with Gasteiger partial charge in [0.15, 0.2) is 6.10 Å². The molecule has 0 saturated heterocycles. The van der Waals surface area contributed by atoms with E-state index in [0.29, 0.717) is 19.3 Å². The smallest absolute Gasteiger partial charge is 0.306 e. The average Bonchev–Trinajstić information content (AvgIpc) is 3.30. The highest BCUT2D eigenvalue weighted by Crippen LogP contribution is 2.14. The van der Waals surface area contributed by atoms with Crippen molar-refractivity contribution >= 4 is 17.9 Å². The molecule has 6 nitrogen and oxygen atoms in total. The van der Waals surface area contributed by atoms with Gasteiger partial charge in [-0.05, 0) is 103 Å². The summed E-state index contributed by atoms with van der Waals surface area (Å²) in [7, 11) is 0. The van der Waals surface area contributed by atoms with Crippen molar-refractivity contribution in [2.45, 2.75) is 245 Å². The van der Waals surface area contributed by atoms with Gasteiger partial charge in [0, 0.05) is 19.3 Å². The number of unbranched alkanes of at least 4 members (excludes halogenated alkanes) is 20. The second-order valence-electron chi connectivity index (χ2n) is 17.4. The van der Waals surface area contributed by atoms with Gasteiger partial charge in [-0.3, -0.25) is 14.4 Å². The molecule has 0 spiro atoms. The standard InChI is InChI=1S/C59H98O6/c1-4-7-10-13-16-19-22-24-26-28-29-31-32-34-37-40-43-46-49-52-58(61)64-55-56(54-63-57(60)51-48-45-42-39-36-21-18-15-12-9-6-3)65-59(62)53-50-47-44-41-38-35-33-30-27-25-23-20-17-14-11-8-5-2/h8,11,16-17,19-20,24-27,29,31,33-35,37,56H,4-7,9-10,12-15,18,21-23,28,30,32,36,38-55H2,1-3H3/b11-8-,19-16-,20-17-,26-24-,27-25-,31-29-,35-33-,37-34-/t56-/m0/s1. The molecule has 0 fully saturated rings. The van der Waals surface area contributed by atoms with Gasteiger partial charge in [0.2, 0.25) is 0 Å². The summed E-state index contributed by atoms with van der Waals surface area (Å²) in [5, 5.41) is 0. The molecule has 370 valence electrons. The van der Waals surface area contributed by atoms with Crippen LogP contribution in [0.4, 0.5) is 0 Å². The first kappa shape index (κ1) is 61.3. The van der Waals surface area contributed by atoms with Crippen molar-refractivity contribution in [3.05, 3.63) is 97.2 Å². The van der Waals surface area contributed by atoms with Crippen LogP contribution in [0.15, 0.2) is 97.2 Å². The maximum absolute atomic E-state index is 12.8. The van der Waals surface area contributed by atoms with Crippen LogP contribution in [0.1, 0.15) is 239 Å². The van der Waals surface area contributed by atoms with Gasteiger partial charge in [-0.2, -0.15) is 0 Å². The van der Waals surface area contributed by atoms with Crippen molar-refractivity contribution in [1.29, 1.82) is 0 Å². The van der Waals surface area contributed by atoms with E-state index in [2.05, 4.69) is 118 Å². The zero-order valence-electron chi connectivity index (χ0n) is 42.2. The van der Waals surface area contributed by atoms with Crippen molar-refractivity contribution in [3.8, 4) is 0 Å².